The summed E-state index contributed by atoms with van der Waals surface area (Å²) in [5.41, 5.74) is 0. The van der Waals surface area contributed by atoms with Gasteiger partial charge in [-0.3, -0.25) is 4.79 Å². The van der Waals surface area contributed by atoms with Crippen molar-refractivity contribution in [2.75, 3.05) is 5.88 Å². The lowest BCUT2D eigenvalue weighted by Crippen LogP contribution is -2.35. The maximum atomic E-state index is 11.6. The summed E-state index contributed by atoms with van der Waals surface area (Å²) in [6, 6.07) is 3.51. The van der Waals surface area contributed by atoms with Crippen LogP contribution in [0, 0.1) is 0 Å². The third-order valence-corrected chi connectivity index (χ3v) is 2.62. The van der Waals surface area contributed by atoms with Crippen LogP contribution < -0.4 is 5.32 Å². The average molecular weight is 230 g/mol. The van der Waals surface area contributed by atoms with Crippen LogP contribution in [0.1, 0.15) is 36.6 Å². The number of alkyl halides is 1. The summed E-state index contributed by atoms with van der Waals surface area (Å²) in [6.45, 7) is 3.96. The monoisotopic (exact) mass is 229 g/mol. The molecule has 0 aromatic carbocycles. The van der Waals surface area contributed by atoms with Gasteiger partial charge in [0.05, 0.1) is 0 Å². The Kier molecular flexibility index (Phi) is 4.69. The number of hydrogen-bond donors (Lipinski definition) is 1. The minimum Gasteiger partial charge on any atom is -0.456 e. The summed E-state index contributed by atoms with van der Waals surface area (Å²) in [6.07, 6.45) is 1.61. The van der Waals surface area contributed by atoms with Crippen molar-refractivity contribution >= 4 is 17.5 Å². The molecule has 0 spiro atoms. The van der Waals surface area contributed by atoms with Crippen LogP contribution in [0.4, 0.5) is 0 Å². The van der Waals surface area contributed by atoms with Crippen LogP contribution in [0.2, 0.25) is 0 Å². The highest BCUT2D eigenvalue weighted by atomic mass is 35.5. The Balaban J connectivity index is 2.60. The lowest BCUT2D eigenvalue weighted by molar-refractivity contribution is 0.0910. The molecule has 84 valence electrons. The van der Waals surface area contributed by atoms with Crippen LogP contribution in [0.3, 0.4) is 0 Å². The first-order chi connectivity index (χ1) is 7.21. The Morgan fingerprint density at radius 3 is 2.73 bits per heavy atom. The summed E-state index contributed by atoms with van der Waals surface area (Å²) in [5.74, 6) is 1.40. The topological polar surface area (TPSA) is 42.2 Å². The first kappa shape index (κ1) is 12.1. The van der Waals surface area contributed by atoms with E-state index in [2.05, 4.69) is 5.32 Å². The van der Waals surface area contributed by atoms with E-state index in [0.29, 0.717) is 11.6 Å². The standard InChI is InChI=1S/C11H16ClNO2/c1-3-8(7-12)13-11(14)10-6-5-9(4-2)15-10/h5-6,8H,3-4,7H2,1-2H3,(H,13,14). The maximum absolute atomic E-state index is 11.6. The second-order valence-corrected chi connectivity index (χ2v) is 3.66. The van der Waals surface area contributed by atoms with Gasteiger partial charge in [0.2, 0.25) is 0 Å². The Labute approximate surface area is 94.8 Å². The smallest absolute Gasteiger partial charge is 0.287 e. The molecule has 0 aliphatic heterocycles. The number of amides is 1. The third kappa shape index (κ3) is 3.27. The van der Waals surface area contributed by atoms with Gasteiger partial charge >= 0.3 is 0 Å². The van der Waals surface area contributed by atoms with E-state index in [1.54, 1.807) is 6.07 Å². The first-order valence-corrected chi connectivity index (χ1v) is 5.70. The molecule has 15 heavy (non-hydrogen) atoms. The van der Waals surface area contributed by atoms with E-state index in [9.17, 15) is 4.79 Å². The van der Waals surface area contributed by atoms with E-state index < -0.39 is 0 Å². The molecule has 1 aromatic heterocycles. The van der Waals surface area contributed by atoms with Gasteiger partial charge in [-0.25, -0.2) is 0 Å². The second kappa shape index (κ2) is 5.81. The average Bonchev–Trinajstić information content (AvgIpc) is 2.74. The molecule has 1 heterocycles. The molecule has 0 saturated heterocycles. The zero-order chi connectivity index (χ0) is 11.3. The van der Waals surface area contributed by atoms with Crippen LogP contribution in [0.5, 0.6) is 0 Å². The molecular formula is C11H16ClNO2. The molecule has 1 aromatic rings. The van der Waals surface area contributed by atoms with Gasteiger partial charge in [-0.05, 0) is 18.6 Å². The van der Waals surface area contributed by atoms with E-state index in [-0.39, 0.29) is 11.9 Å². The van der Waals surface area contributed by atoms with Gasteiger partial charge in [-0.2, -0.15) is 0 Å². The van der Waals surface area contributed by atoms with Crippen molar-refractivity contribution in [2.24, 2.45) is 0 Å². The molecule has 0 saturated carbocycles. The molecule has 1 N–H and O–H groups in total. The van der Waals surface area contributed by atoms with Crippen LogP contribution in [0.15, 0.2) is 16.5 Å². The number of nitrogens with one attached hydrogen (secondary N) is 1. The van der Waals surface area contributed by atoms with Gasteiger partial charge in [-0.15, -0.1) is 11.6 Å². The number of carbonyl (C=O) groups excluding carboxylic acids is 1. The zero-order valence-corrected chi connectivity index (χ0v) is 9.80. The lowest BCUT2D eigenvalue weighted by atomic mass is 10.2. The highest BCUT2D eigenvalue weighted by Crippen LogP contribution is 2.08. The van der Waals surface area contributed by atoms with Crippen molar-refractivity contribution in [1.82, 2.24) is 5.32 Å². The summed E-state index contributed by atoms with van der Waals surface area (Å²) in [4.78, 5) is 11.6. The van der Waals surface area contributed by atoms with E-state index in [1.807, 2.05) is 19.9 Å². The van der Waals surface area contributed by atoms with Crippen molar-refractivity contribution in [3.63, 3.8) is 0 Å². The van der Waals surface area contributed by atoms with Gasteiger partial charge in [0.25, 0.3) is 5.91 Å². The van der Waals surface area contributed by atoms with E-state index in [4.69, 9.17) is 16.0 Å². The molecule has 0 fully saturated rings. The second-order valence-electron chi connectivity index (χ2n) is 3.35. The predicted molar refractivity (Wildman–Crippen MR) is 60.4 cm³/mol. The summed E-state index contributed by atoms with van der Waals surface area (Å²) in [5, 5.41) is 2.81. The van der Waals surface area contributed by atoms with Gasteiger partial charge in [0.1, 0.15) is 5.76 Å². The minimum atomic E-state index is -0.192. The Hall–Kier alpha value is -0.960. The number of hydrogen-bond acceptors (Lipinski definition) is 2. The molecule has 1 rings (SSSR count). The Morgan fingerprint density at radius 1 is 1.53 bits per heavy atom. The third-order valence-electron chi connectivity index (χ3n) is 2.25. The fourth-order valence-corrected chi connectivity index (χ4v) is 1.49. The normalized spacial score (nSPS) is 12.5. The fraction of sp³-hybridized carbons (Fsp3) is 0.545. The lowest BCUT2D eigenvalue weighted by Gasteiger charge is -2.11. The first-order valence-electron chi connectivity index (χ1n) is 5.16. The highest BCUT2D eigenvalue weighted by molar-refractivity contribution is 6.18. The highest BCUT2D eigenvalue weighted by Gasteiger charge is 2.14. The van der Waals surface area contributed by atoms with Crippen molar-refractivity contribution in [3.05, 3.63) is 23.7 Å². The molecular weight excluding hydrogens is 214 g/mol. The summed E-state index contributed by atoms with van der Waals surface area (Å²) >= 11 is 5.69. The van der Waals surface area contributed by atoms with E-state index in [1.165, 1.54) is 0 Å². The predicted octanol–water partition coefficient (Wildman–Crippen LogP) is 2.59. The van der Waals surface area contributed by atoms with Crippen LogP contribution in [0.25, 0.3) is 0 Å². The van der Waals surface area contributed by atoms with Crippen LogP contribution in [-0.4, -0.2) is 17.8 Å². The van der Waals surface area contributed by atoms with Crippen molar-refractivity contribution in [2.45, 2.75) is 32.7 Å². The fourth-order valence-electron chi connectivity index (χ4n) is 1.20. The van der Waals surface area contributed by atoms with Crippen LogP contribution in [-0.2, 0) is 6.42 Å². The quantitative estimate of drug-likeness (QED) is 0.789. The maximum Gasteiger partial charge on any atom is 0.287 e. The summed E-state index contributed by atoms with van der Waals surface area (Å²) < 4.78 is 5.33. The molecule has 4 heteroatoms. The summed E-state index contributed by atoms with van der Waals surface area (Å²) in [7, 11) is 0. The molecule has 0 bridgehead atoms. The minimum absolute atomic E-state index is 0.00865. The molecule has 1 amide bonds. The van der Waals surface area contributed by atoms with Gasteiger partial charge in [0.15, 0.2) is 5.76 Å². The molecule has 3 nitrogen and oxygen atoms in total. The van der Waals surface area contributed by atoms with Crippen molar-refractivity contribution in [1.29, 1.82) is 0 Å². The molecule has 0 radical (unpaired) electrons. The van der Waals surface area contributed by atoms with E-state index >= 15 is 0 Å². The zero-order valence-electron chi connectivity index (χ0n) is 9.05. The molecule has 1 atom stereocenters. The van der Waals surface area contributed by atoms with Crippen molar-refractivity contribution in [3.8, 4) is 0 Å². The molecule has 1 unspecified atom stereocenters. The molecule has 0 aliphatic carbocycles. The molecule has 0 aliphatic rings. The van der Waals surface area contributed by atoms with Gasteiger partial charge in [0, 0.05) is 18.3 Å². The Morgan fingerprint density at radius 2 is 2.27 bits per heavy atom. The van der Waals surface area contributed by atoms with E-state index in [0.717, 1.165) is 18.6 Å². The SMILES string of the molecule is CCc1ccc(C(=O)NC(CC)CCl)o1. The van der Waals surface area contributed by atoms with Gasteiger partial charge < -0.3 is 9.73 Å². The van der Waals surface area contributed by atoms with Crippen molar-refractivity contribution < 1.29 is 9.21 Å². The van der Waals surface area contributed by atoms with Gasteiger partial charge in [-0.1, -0.05) is 13.8 Å². The number of aryl methyl sites for hydroxylation is 1. The Bertz CT molecular complexity index is 318. The number of halogens is 1. The number of carbonyl (C=O) groups is 1. The largest absolute Gasteiger partial charge is 0.456 e. The van der Waals surface area contributed by atoms with Crippen LogP contribution >= 0.6 is 11.6 Å². The number of furan rings is 1. The number of rotatable bonds is 5.